The molecule has 0 aromatic rings. The van der Waals surface area contributed by atoms with E-state index in [1.807, 2.05) is 0 Å². The molecular formula is C10H17N3O7. The van der Waals surface area contributed by atoms with Crippen molar-refractivity contribution >= 4 is 23.8 Å². The third-order valence-corrected chi connectivity index (χ3v) is 2.18. The Hall–Kier alpha value is -2.20. The summed E-state index contributed by atoms with van der Waals surface area (Å²) in [5.74, 6) is -4.32. The highest BCUT2D eigenvalue weighted by Crippen LogP contribution is 1.90. The van der Waals surface area contributed by atoms with E-state index in [-0.39, 0.29) is 13.0 Å². The standard InChI is InChI=1S/C10H17N3O7/c11-6(10(19)20)1-2-12-7(14)3-13(4-8(15)16)5-9(17)18/h6H,1-5,11H2,(H,12,14)(H,15,16)(H,17,18)(H,19,20). The molecule has 6 N–H and O–H groups in total. The number of aliphatic carboxylic acids is 3. The number of amides is 1. The van der Waals surface area contributed by atoms with Crippen molar-refractivity contribution in [1.29, 1.82) is 0 Å². The Labute approximate surface area is 114 Å². The lowest BCUT2D eigenvalue weighted by atomic mass is 10.2. The minimum atomic E-state index is -1.26. The molecule has 0 saturated heterocycles. The van der Waals surface area contributed by atoms with Crippen molar-refractivity contribution in [2.75, 3.05) is 26.2 Å². The number of nitrogens with one attached hydrogen (secondary N) is 1. The number of carbonyl (C=O) groups is 4. The van der Waals surface area contributed by atoms with Gasteiger partial charge in [0.2, 0.25) is 5.91 Å². The minimum Gasteiger partial charge on any atom is -0.480 e. The number of nitrogens with zero attached hydrogens (tertiary/aromatic N) is 1. The van der Waals surface area contributed by atoms with E-state index in [2.05, 4.69) is 5.32 Å². The highest BCUT2D eigenvalue weighted by atomic mass is 16.4. The van der Waals surface area contributed by atoms with Crippen molar-refractivity contribution < 1.29 is 34.5 Å². The van der Waals surface area contributed by atoms with Crippen LogP contribution in [0.4, 0.5) is 0 Å². The van der Waals surface area contributed by atoms with Gasteiger partial charge in [-0.3, -0.25) is 24.1 Å². The summed E-state index contributed by atoms with van der Waals surface area (Å²) in [5.41, 5.74) is 5.22. The van der Waals surface area contributed by atoms with Gasteiger partial charge in [-0.15, -0.1) is 0 Å². The summed E-state index contributed by atoms with van der Waals surface area (Å²) in [4.78, 5) is 43.8. The molecular weight excluding hydrogens is 274 g/mol. The number of hydrogen-bond donors (Lipinski definition) is 5. The van der Waals surface area contributed by atoms with Gasteiger partial charge < -0.3 is 26.4 Å². The third-order valence-electron chi connectivity index (χ3n) is 2.18. The minimum absolute atomic E-state index is 0.000281. The van der Waals surface area contributed by atoms with Crippen molar-refractivity contribution in [3.05, 3.63) is 0 Å². The molecule has 0 saturated carbocycles. The van der Waals surface area contributed by atoms with Crippen LogP contribution in [0.1, 0.15) is 6.42 Å². The maximum absolute atomic E-state index is 11.4. The number of nitrogens with two attached hydrogens (primary N) is 1. The molecule has 10 heteroatoms. The molecule has 1 amide bonds. The fourth-order valence-corrected chi connectivity index (χ4v) is 1.30. The molecule has 0 aromatic carbocycles. The average Bonchev–Trinajstić information content (AvgIpc) is 2.26. The zero-order valence-corrected chi connectivity index (χ0v) is 10.6. The molecule has 0 aromatic heterocycles. The zero-order valence-electron chi connectivity index (χ0n) is 10.6. The molecule has 1 atom stereocenters. The molecule has 10 nitrogen and oxygen atoms in total. The normalized spacial score (nSPS) is 11.9. The Morgan fingerprint density at radius 2 is 1.50 bits per heavy atom. The van der Waals surface area contributed by atoms with E-state index >= 15 is 0 Å². The van der Waals surface area contributed by atoms with Gasteiger partial charge in [0.25, 0.3) is 0 Å². The van der Waals surface area contributed by atoms with Crippen LogP contribution >= 0.6 is 0 Å². The van der Waals surface area contributed by atoms with Crippen LogP contribution in [0.25, 0.3) is 0 Å². The molecule has 114 valence electrons. The van der Waals surface area contributed by atoms with Crippen LogP contribution in [-0.2, 0) is 19.2 Å². The van der Waals surface area contributed by atoms with E-state index in [1.54, 1.807) is 0 Å². The summed E-state index contributed by atoms with van der Waals surface area (Å²) in [6.07, 6.45) is 0.0128. The number of carbonyl (C=O) groups excluding carboxylic acids is 1. The van der Waals surface area contributed by atoms with Crippen molar-refractivity contribution in [3.8, 4) is 0 Å². The summed E-state index contributed by atoms with van der Waals surface area (Å²) in [6, 6.07) is -1.11. The van der Waals surface area contributed by atoms with Crippen LogP contribution in [0, 0.1) is 0 Å². The molecule has 1 unspecified atom stereocenters. The second kappa shape index (κ2) is 8.82. The molecule has 20 heavy (non-hydrogen) atoms. The average molecular weight is 291 g/mol. The predicted molar refractivity (Wildman–Crippen MR) is 64.9 cm³/mol. The Bertz CT molecular complexity index is 369. The van der Waals surface area contributed by atoms with Crippen molar-refractivity contribution in [2.24, 2.45) is 5.73 Å². The van der Waals surface area contributed by atoms with Gasteiger partial charge in [0.1, 0.15) is 6.04 Å². The topological polar surface area (TPSA) is 170 Å². The Kier molecular flexibility index (Phi) is 7.85. The van der Waals surface area contributed by atoms with Crippen molar-refractivity contribution in [2.45, 2.75) is 12.5 Å². The lowest BCUT2D eigenvalue weighted by Crippen LogP contribution is -2.43. The predicted octanol–water partition coefficient (Wildman–Crippen LogP) is -2.62. The lowest BCUT2D eigenvalue weighted by molar-refractivity contribution is -0.143. The third kappa shape index (κ3) is 8.83. The maximum atomic E-state index is 11.4. The molecule has 0 bridgehead atoms. The summed E-state index contributed by atoms with van der Waals surface area (Å²) in [7, 11) is 0. The second-order valence-electron chi connectivity index (χ2n) is 4.02. The Balaban J connectivity index is 4.15. The van der Waals surface area contributed by atoms with Crippen LogP contribution in [0.2, 0.25) is 0 Å². The first-order valence-corrected chi connectivity index (χ1v) is 5.63. The van der Waals surface area contributed by atoms with Crippen LogP contribution in [-0.4, -0.2) is 76.3 Å². The van der Waals surface area contributed by atoms with Crippen molar-refractivity contribution in [3.63, 3.8) is 0 Å². The largest absolute Gasteiger partial charge is 0.480 e. The molecule has 0 fully saturated rings. The number of hydrogen-bond acceptors (Lipinski definition) is 6. The van der Waals surface area contributed by atoms with Gasteiger partial charge in [0, 0.05) is 6.54 Å². The van der Waals surface area contributed by atoms with Crippen LogP contribution < -0.4 is 11.1 Å². The summed E-state index contributed by atoms with van der Waals surface area (Å²) >= 11 is 0. The Morgan fingerprint density at radius 3 is 1.90 bits per heavy atom. The molecule has 0 aliphatic rings. The van der Waals surface area contributed by atoms with E-state index in [1.165, 1.54) is 0 Å². The van der Waals surface area contributed by atoms with Gasteiger partial charge in [-0.2, -0.15) is 0 Å². The highest BCUT2D eigenvalue weighted by molar-refractivity contribution is 5.80. The first-order valence-electron chi connectivity index (χ1n) is 5.63. The lowest BCUT2D eigenvalue weighted by Gasteiger charge is -2.17. The summed E-state index contributed by atoms with van der Waals surface area (Å²) in [6.45, 7) is -1.59. The fourth-order valence-electron chi connectivity index (χ4n) is 1.30. The monoisotopic (exact) mass is 291 g/mol. The summed E-state index contributed by atoms with van der Waals surface area (Å²) < 4.78 is 0. The first-order chi connectivity index (χ1) is 9.22. The van der Waals surface area contributed by atoms with Gasteiger partial charge in [0.15, 0.2) is 0 Å². The van der Waals surface area contributed by atoms with Gasteiger partial charge in [-0.1, -0.05) is 0 Å². The second-order valence-corrected chi connectivity index (χ2v) is 4.02. The number of rotatable bonds is 10. The fraction of sp³-hybridized carbons (Fsp3) is 0.600. The van der Waals surface area contributed by atoms with E-state index in [9.17, 15) is 19.2 Å². The van der Waals surface area contributed by atoms with Gasteiger partial charge >= 0.3 is 17.9 Å². The van der Waals surface area contributed by atoms with Gasteiger partial charge in [-0.25, -0.2) is 0 Å². The van der Waals surface area contributed by atoms with Crippen LogP contribution in [0.3, 0.4) is 0 Å². The SMILES string of the molecule is NC(CCNC(=O)CN(CC(=O)O)CC(=O)O)C(=O)O. The molecule has 0 aliphatic heterocycles. The molecule has 0 heterocycles. The number of carboxylic acid groups (broad SMARTS) is 3. The number of carboxylic acids is 3. The quantitative estimate of drug-likeness (QED) is 0.289. The van der Waals surface area contributed by atoms with E-state index in [0.717, 1.165) is 4.90 Å². The van der Waals surface area contributed by atoms with Gasteiger partial charge in [-0.05, 0) is 6.42 Å². The van der Waals surface area contributed by atoms with Gasteiger partial charge in [0.05, 0.1) is 19.6 Å². The highest BCUT2D eigenvalue weighted by Gasteiger charge is 2.17. The summed E-state index contributed by atoms with van der Waals surface area (Å²) in [5, 5.41) is 28.0. The molecule has 0 aliphatic carbocycles. The first kappa shape index (κ1) is 17.8. The molecule has 0 rings (SSSR count). The van der Waals surface area contributed by atoms with Crippen molar-refractivity contribution in [1.82, 2.24) is 10.2 Å². The van der Waals surface area contributed by atoms with E-state index in [4.69, 9.17) is 21.1 Å². The van der Waals surface area contributed by atoms with Crippen LogP contribution in [0.15, 0.2) is 0 Å². The molecule has 0 radical (unpaired) electrons. The van der Waals surface area contributed by atoms with E-state index < -0.39 is 49.5 Å². The zero-order chi connectivity index (χ0) is 15.7. The van der Waals surface area contributed by atoms with E-state index in [0.29, 0.717) is 0 Å². The maximum Gasteiger partial charge on any atom is 0.320 e. The Morgan fingerprint density at radius 1 is 1.00 bits per heavy atom. The van der Waals surface area contributed by atoms with Crippen LogP contribution in [0.5, 0.6) is 0 Å². The smallest absolute Gasteiger partial charge is 0.320 e. The molecule has 0 spiro atoms.